The van der Waals surface area contributed by atoms with Crippen molar-refractivity contribution in [1.82, 2.24) is 0 Å². The minimum Gasteiger partial charge on any atom is -0.386 e. The number of cyclic esters (lactones) is 2. The van der Waals surface area contributed by atoms with Crippen molar-refractivity contribution in [3.63, 3.8) is 0 Å². The Hall–Kier alpha value is -3.07. The van der Waals surface area contributed by atoms with Crippen molar-refractivity contribution in [3.05, 3.63) is 70.3 Å². The summed E-state index contributed by atoms with van der Waals surface area (Å²) in [6.45, 7) is 0. The molecule has 0 amide bonds. The number of carbonyl (C=O) groups is 2. The molecule has 0 spiro atoms. The summed E-state index contributed by atoms with van der Waals surface area (Å²) < 4.78 is 42.3. The van der Waals surface area contributed by atoms with Gasteiger partial charge in [-0.3, -0.25) is 0 Å². The lowest BCUT2D eigenvalue weighted by Gasteiger charge is -2.05. The molecule has 0 N–H and O–H groups in total. The molecule has 23 heavy (non-hydrogen) atoms. The number of halogens is 3. The Labute approximate surface area is 128 Å². The quantitative estimate of drug-likeness (QED) is 0.425. The van der Waals surface area contributed by atoms with E-state index in [4.69, 9.17) is 0 Å². The molecule has 1 heterocycles. The summed E-state index contributed by atoms with van der Waals surface area (Å²) in [7, 11) is 0. The summed E-state index contributed by atoms with van der Waals surface area (Å²) in [5.74, 6) is 3.80. The van der Waals surface area contributed by atoms with Gasteiger partial charge in [-0.2, -0.15) is 13.2 Å². The fourth-order valence-corrected chi connectivity index (χ4v) is 2.08. The van der Waals surface area contributed by atoms with Crippen molar-refractivity contribution in [2.24, 2.45) is 0 Å². The molecule has 0 unspecified atom stereocenters. The Bertz CT molecular complexity index is 886. The van der Waals surface area contributed by atoms with Crippen LogP contribution in [-0.2, 0) is 10.9 Å². The SMILES string of the molecule is O=C1OC(=O)c2cc(C#Cc3cccc(C(F)(F)F)c3)ccc21. The van der Waals surface area contributed by atoms with Crippen LogP contribution in [0.1, 0.15) is 37.4 Å². The van der Waals surface area contributed by atoms with E-state index in [9.17, 15) is 22.8 Å². The lowest BCUT2D eigenvalue weighted by atomic mass is 10.1. The Morgan fingerprint density at radius 2 is 1.48 bits per heavy atom. The normalized spacial score (nSPS) is 13.2. The van der Waals surface area contributed by atoms with Gasteiger partial charge in [0.2, 0.25) is 0 Å². The second kappa shape index (κ2) is 5.29. The van der Waals surface area contributed by atoms with E-state index < -0.39 is 23.7 Å². The Morgan fingerprint density at radius 1 is 0.826 bits per heavy atom. The van der Waals surface area contributed by atoms with Gasteiger partial charge in [-0.1, -0.05) is 17.9 Å². The molecule has 0 radical (unpaired) electrons. The molecule has 2 aromatic carbocycles. The number of carbonyl (C=O) groups excluding carboxylic acids is 2. The van der Waals surface area contributed by atoms with E-state index in [0.717, 1.165) is 12.1 Å². The van der Waals surface area contributed by atoms with Gasteiger partial charge >= 0.3 is 18.1 Å². The Balaban J connectivity index is 1.93. The number of alkyl halides is 3. The maximum atomic E-state index is 12.6. The van der Waals surface area contributed by atoms with Gasteiger partial charge in [0.1, 0.15) is 0 Å². The van der Waals surface area contributed by atoms with E-state index in [1.165, 1.54) is 30.3 Å². The van der Waals surface area contributed by atoms with Crippen molar-refractivity contribution < 1.29 is 27.5 Å². The zero-order valence-corrected chi connectivity index (χ0v) is 11.4. The summed E-state index contributed by atoms with van der Waals surface area (Å²) in [5.41, 5.74) is 0.0599. The van der Waals surface area contributed by atoms with Gasteiger partial charge in [0, 0.05) is 11.1 Å². The highest BCUT2D eigenvalue weighted by molar-refractivity contribution is 6.14. The maximum absolute atomic E-state index is 12.6. The van der Waals surface area contributed by atoms with Crippen molar-refractivity contribution >= 4 is 11.9 Å². The second-order valence-electron chi connectivity index (χ2n) is 4.77. The zero-order chi connectivity index (χ0) is 16.6. The molecular weight excluding hydrogens is 309 g/mol. The summed E-state index contributed by atoms with van der Waals surface area (Å²) in [6.07, 6.45) is -4.44. The van der Waals surface area contributed by atoms with Crippen molar-refractivity contribution in [1.29, 1.82) is 0 Å². The predicted molar refractivity (Wildman–Crippen MR) is 73.6 cm³/mol. The number of rotatable bonds is 0. The maximum Gasteiger partial charge on any atom is 0.416 e. The van der Waals surface area contributed by atoms with Crippen LogP contribution < -0.4 is 0 Å². The van der Waals surface area contributed by atoms with Crippen LogP contribution in [0, 0.1) is 11.8 Å². The van der Waals surface area contributed by atoms with Crippen LogP contribution in [0.5, 0.6) is 0 Å². The van der Waals surface area contributed by atoms with Crippen LogP contribution in [0.4, 0.5) is 13.2 Å². The smallest absolute Gasteiger partial charge is 0.386 e. The lowest BCUT2D eigenvalue weighted by molar-refractivity contribution is -0.137. The summed E-state index contributed by atoms with van der Waals surface area (Å²) >= 11 is 0. The number of hydrogen-bond acceptors (Lipinski definition) is 3. The van der Waals surface area contributed by atoms with Gasteiger partial charge in [-0.05, 0) is 36.4 Å². The van der Waals surface area contributed by atoms with Crippen LogP contribution in [0.3, 0.4) is 0 Å². The third-order valence-electron chi connectivity index (χ3n) is 3.19. The highest BCUT2D eigenvalue weighted by atomic mass is 19.4. The van der Waals surface area contributed by atoms with Crippen LogP contribution in [0.2, 0.25) is 0 Å². The minimum absolute atomic E-state index is 0.103. The highest BCUT2D eigenvalue weighted by Gasteiger charge is 2.30. The van der Waals surface area contributed by atoms with Crippen molar-refractivity contribution in [3.8, 4) is 11.8 Å². The van der Waals surface area contributed by atoms with E-state index in [1.54, 1.807) is 0 Å². The van der Waals surface area contributed by atoms with E-state index in [2.05, 4.69) is 16.6 Å². The predicted octanol–water partition coefficient (Wildman–Crippen LogP) is 3.42. The average molecular weight is 316 g/mol. The first-order chi connectivity index (χ1) is 10.8. The first kappa shape index (κ1) is 14.9. The molecule has 3 nitrogen and oxygen atoms in total. The zero-order valence-electron chi connectivity index (χ0n) is 11.4. The number of ether oxygens (including phenoxy) is 1. The first-order valence-electron chi connectivity index (χ1n) is 6.44. The lowest BCUT2D eigenvalue weighted by Crippen LogP contribution is -2.04. The number of esters is 2. The Kier molecular flexibility index (Phi) is 3.41. The number of fused-ring (bicyclic) bond motifs is 1. The molecule has 0 aromatic heterocycles. The van der Waals surface area contributed by atoms with Gasteiger partial charge < -0.3 is 4.74 Å². The van der Waals surface area contributed by atoms with Gasteiger partial charge in [-0.15, -0.1) is 0 Å². The van der Waals surface area contributed by atoms with Crippen molar-refractivity contribution in [2.75, 3.05) is 0 Å². The molecule has 0 fully saturated rings. The number of benzene rings is 2. The van der Waals surface area contributed by atoms with Gasteiger partial charge in [0.25, 0.3) is 0 Å². The summed E-state index contributed by atoms with van der Waals surface area (Å²) in [6, 6.07) is 8.90. The topological polar surface area (TPSA) is 43.4 Å². The Morgan fingerprint density at radius 3 is 2.17 bits per heavy atom. The molecule has 3 rings (SSSR count). The largest absolute Gasteiger partial charge is 0.416 e. The fraction of sp³-hybridized carbons (Fsp3) is 0.0588. The average Bonchev–Trinajstić information content (AvgIpc) is 2.79. The van der Waals surface area contributed by atoms with Crippen molar-refractivity contribution in [2.45, 2.75) is 6.18 Å². The van der Waals surface area contributed by atoms with Gasteiger partial charge in [0.05, 0.1) is 16.7 Å². The van der Waals surface area contributed by atoms with Gasteiger partial charge in [0.15, 0.2) is 0 Å². The molecule has 0 saturated heterocycles. The van der Waals surface area contributed by atoms with Crippen LogP contribution in [0.25, 0.3) is 0 Å². The molecule has 1 aliphatic rings. The second-order valence-corrected chi connectivity index (χ2v) is 4.77. The molecular formula is C17H7F3O3. The molecule has 0 saturated carbocycles. The molecule has 1 aliphatic heterocycles. The van der Waals surface area contributed by atoms with E-state index in [-0.39, 0.29) is 16.7 Å². The fourth-order valence-electron chi connectivity index (χ4n) is 2.08. The van der Waals surface area contributed by atoms with Gasteiger partial charge in [-0.25, -0.2) is 9.59 Å². The van der Waals surface area contributed by atoms with Crippen LogP contribution >= 0.6 is 0 Å². The molecule has 0 bridgehead atoms. The standard InChI is InChI=1S/C17H7F3O3/c18-17(19,20)12-3-1-2-10(8-12)4-5-11-6-7-13-14(9-11)16(22)23-15(13)21/h1-3,6-9H. The van der Waals surface area contributed by atoms with E-state index in [0.29, 0.717) is 5.56 Å². The van der Waals surface area contributed by atoms with E-state index in [1.807, 2.05) is 0 Å². The van der Waals surface area contributed by atoms with Crippen LogP contribution in [0.15, 0.2) is 42.5 Å². The molecule has 2 aromatic rings. The third kappa shape index (κ3) is 2.94. The molecule has 0 atom stereocenters. The monoisotopic (exact) mass is 316 g/mol. The molecule has 6 heteroatoms. The van der Waals surface area contributed by atoms with E-state index >= 15 is 0 Å². The summed E-state index contributed by atoms with van der Waals surface area (Å²) in [5, 5.41) is 0. The third-order valence-corrected chi connectivity index (χ3v) is 3.19. The summed E-state index contributed by atoms with van der Waals surface area (Å²) in [4.78, 5) is 22.8. The van der Waals surface area contributed by atoms with Crippen LogP contribution in [-0.4, -0.2) is 11.9 Å². The number of hydrogen-bond donors (Lipinski definition) is 0. The first-order valence-corrected chi connectivity index (χ1v) is 6.44. The minimum atomic E-state index is -4.44. The highest BCUT2D eigenvalue weighted by Crippen LogP contribution is 2.29. The molecule has 114 valence electrons. The molecule has 0 aliphatic carbocycles.